The molecule has 46 valence electrons. The molecule has 0 aromatic carbocycles. The van der Waals surface area contributed by atoms with E-state index in [0.717, 1.165) is 0 Å². The zero-order chi connectivity index (χ0) is 5.98. The van der Waals surface area contributed by atoms with Crippen molar-refractivity contribution in [3.05, 3.63) is 10.7 Å². The highest BCUT2D eigenvalue weighted by Crippen LogP contribution is 2.07. The molecule has 0 fully saturated rings. The molecule has 1 heterocycles. The fourth-order valence-corrected chi connectivity index (χ4v) is 0.553. The number of rotatable bonds is 0. The van der Waals surface area contributed by atoms with Gasteiger partial charge in [-0.25, -0.2) is 0 Å². The Morgan fingerprint density at radius 2 is 2.50 bits per heavy atom. The summed E-state index contributed by atoms with van der Waals surface area (Å²) in [5, 5.41) is 8.82. The first-order chi connectivity index (χ1) is 3.80. The molecule has 0 radical (unpaired) electrons. The number of aliphatic hydroxyl groups excluding tert-OH is 1. The minimum Gasteiger partial charge on any atom is -0.509 e. The van der Waals surface area contributed by atoms with Crippen LogP contribution >= 0.6 is 12.6 Å². The maximum Gasteiger partial charge on any atom is 0.131 e. The van der Waals surface area contributed by atoms with Crippen molar-refractivity contribution in [1.82, 2.24) is 5.48 Å². The van der Waals surface area contributed by atoms with E-state index in [1.165, 1.54) is 0 Å². The van der Waals surface area contributed by atoms with Gasteiger partial charge in [-0.1, -0.05) is 0 Å². The monoisotopic (exact) mass is 133 g/mol. The lowest BCUT2D eigenvalue weighted by Gasteiger charge is -2.12. The van der Waals surface area contributed by atoms with Crippen LogP contribution in [0, 0.1) is 0 Å². The van der Waals surface area contributed by atoms with Gasteiger partial charge in [0.2, 0.25) is 0 Å². The number of thiol groups is 1. The van der Waals surface area contributed by atoms with E-state index < -0.39 is 0 Å². The Bertz CT molecular complexity index is 109. The van der Waals surface area contributed by atoms with E-state index in [-0.39, 0.29) is 12.4 Å². The van der Waals surface area contributed by atoms with Crippen LogP contribution in [0.25, 0.3) is 0 Å². The molecular formula is C4H7NO2S. The van der Waals surface area contributed by atoms with E-state index in [1.807, 2.05) is 0 Å². The van der Waals surface area contributed by atoms with Gasteiger partial charge in [0.05, 0.1) is 6.54 Å². The minimum absolute atomic E-state index is 0.215. The Balaban J connectivity index is 2.60. The topological polar surface area (TPSA) is 41.5 Å². The summed E-state index contributed by atoms with van der Waals surface area (Å²) in [5.74, 6) is 0.215. The lowest BCUT2D eigenvalue weighted by Crippen LogP contribution is -2.24. The van der Waals surface area contributed by atoms with E-state index in [0.29, 0.717) is 11.4 Å². The molecule has 0 bridgehead atoms. The molecule has 0 amide bonds. The van der Waals surface area contributed by atoms with E-state index in [2.05, 4.69) is 22.9 Å². The summed E-state index contributed by atoms with van der Waals surface area (Å²) in [6.45, 7) is 0.716. The number of aliphatic hydroxyl groups is 1. The first kappa shape index (κ1) is 5.94. The predicted octanol–water partition coefficient (Wildman–Crippen LogP) is 0.221. The van der Waals surface area contributed by atoms with Crippen LogP contribution in [0.5, 0.6) is 0 Å². The molecule has 0 aliphatic carbocycles. The molecule has 1 rings (SSSR count). The zero-order valence-electron chi connectivity index (χ0n) is 4.22. The molecule has 0 saturated carbocycles. The summed E-state index contributed by atoms with van der Waals surface area (Å²) in [7, 11) is 0. The molecule has 1 aliphatic heterocycles. The normalized spacial score (nSPS) is 21.6. The van der Waals surface area contributed by atoms with Crippen molar-refractivity contribution in [1.29, 1.82) is 0 Å². The first-order valence-corrected chi connectivity index (χ1v) is 2.70. The van der Waals surface area contributed by atoms with Gasteiger partial charge in [-0.15, -0.1) is 12.6 Å². The lowest BCUT2D eigenvalue weighted by atomic mass is 10.4. The summed E-state index contributed by atoms with van der Waals surface area (Å²) in [4.78, 5) is 5.29. The van der Waals surface area contributed by atoms with Crippen molar-refractivity contribution in [2.24, 2.45) is 0 Å². The van der Waals surface area contributed by atoms with Crippen molar-refractivity contribution in [2.45, 2.75) is 0 Å². The van der Waals surface area contributed by atoms with Gasteiger partial charge in [0.25, 0.3) is 0 Å². The van der Waals surface area contributed by atoms with E-state index in [1.54, 1.807) is 0 Å². The Morgan fingerprint density at radius 1 is 1.75 bits per heavy atom. The number of nitrogens with one attached hydrogen (secondary N) is 1. The van der Waals surface area contributed by atoms with Gasteiger partial charge in [-0.05, 0) is 0 Å². The van der Waals surface area contributed by atoms with Gasteiger partial charge >= 0.3 is 0 Å². The van der Waals surface area contributed by atoms with Crippen LogP contribution in [0.3, 0.4) is 0 Å². The van der Waals surface area contributed by atoms with Gasteiger partial charge in [0, 0.05) is 4.91 Å². The quantitative estimate of drug-likeness (QED) is 0.414. The van der Waals surface area contributed by atoms with Crippen molar-refractivity contribution in [3.63, 3.8) is 0 Å². The van der Waals surface area contributed by atoms with Crippen LogP contribution < -0.4 is 5.48 Å². The Labute approximate surface area is 52.7 Å². The highest BCUT2D eigenvalue weighted by atomic mass is 32.1. The molecule has 2 N–H and O–H groups in total. The van der Waals surface area contributed by atoms with Gasteiger partial charge in [0.1, 0.15) is 12.4 Å². The highest BCUT2D eigenvalue weighted by molar-refractivity contribution is 7.84. The summed E-state index contributed by atoms with van der Waals surface area (Å²) < 4.78 is 0. The minimum atomic E-state index is 0.215. The molecule has 0 aromatic rings. The van der Waals surface area contributed by atoms with Crippen LogP contribution in [0.2, 0.25) is 0 Å². The van der Waals surface area contributed by atoms with Crippen molar-refractivity contribution >= 4 is 12.6 Å². The lowest BCUT2D eigenvalue weighted by molar-refractivity contribution is 0.0342. The average molecular weight is 133 g/mol. The largest absolute Gasteiger partial charge is 0.509 e. The maximum absolute atomic E-state index is 8.82. The molecule has 3 nitrogen and oxygen atoms in total. The molecule has 0 saturated heterocycles. The summed E-state index contributed by atoms with van der Waals surface area (Å²) >= 11 is 3.94. The van der Waals surface area contributed by atoms with Crippen LogP contribution in [0.15, 0.2) is 10.7 Å². The number of hydroxylamine groups is 1. The predicted molar refractivity (Wildman–Crippen MR) is 32.6 cm³/mol. The van der Waals surface area contributed by atoms with E-state index >= 15 is 0 Å². The maximum atomic E-state index is 8.82. The van der Waals surface area contributed by atoms with Crippen LogP contribution in [-0.4, -0.2) is 18.3 Å². The molecular weight excluding hydrogens is 126 g/mol. The van der Waals surface area contributed by atoms with Gasteiger partial charge in [-0.3, -0.25) is 4.84 Å². The standard InChI is InChI=1S/C4H7NO2S/c6-3-2-7-5-1-4(3)8/h5-6,8H,1-2H2. The SMILES string of the molecule is OC1=C(S)CNOC1. The molecule has 0 aromatic heterocycles. The van der Waals surface area contributed by atoms with Gasteiger partial charge in [0.15, 0.2) is 0 Å². The van der Waals surface area contributed by atoms with Gasteiger partial charge in [-0.2, -0.15) is 5.48 Å². The second-order valence-electron chi connectivity index (χ2n) is 1.50. The number of hydrogen-bond donors (Lipinski definition) is 3. The third kappa shape index (κ3) is 1.15. The smallest absolute Gasteiger partial charge is 0.131 e. The molecule has 0 spiro atoms. The van der Waals surface area contributed by atoms with Crippen LogP contribution in [-0.2, 0) is 4.84 Å². The molecule has 8 heavy (non-hydrogen) atoms. The second kappa shape index (κ2) is 2.39. The van der Waals surface area contributed by atoms with Crippen LogP contribution in [0.4, 0.5) is 0 Å². The summed E-state index contributed by atoms with van der Waals surface area (Å²) in [6, 6.07) is 0. The van der Waals surface area contributed by atoms with Crippen molar-refractivity contribution in [3.8, 4) is 0 Å². The number of hydrogen-bond acceptors (Lipinski definition) is 4. The average Bonchev–Trinajstić information content (AvgIpc) is 1.77. The Kier molecular flexibility index (Phi) is 1.77. The highest BCUT2D eigenvalue weighted by Gasteiger charge is 2.06. The summed E-state index contributed by atoms with van der Waals surface area (Å²) in [6.07, 6.45) is 0. The third-order valence-corrected chi connectivity index (χ3v) is 1.30. The molecule has 0 atom stereocenters. The zero-order valence-corrected chi connectivity index (χ0v) is 5.11. The van der Waals surface area contributed by atoms with E-state index in [9.17, 15) is 0 Å². The van der Waals surface area contributed by atoms with Crippen LogP contribution in [0.1, 0.15) is 0 Å². The van der Waals surface area contributed by atoms with Gasteiger partial charge < -0.3 is 5.11 Å². The molecule has 0 unspecified atom stereocenters. The fraction of sp³-hybridized carbons (Fsp3) is 0.500. The third-order valence-electron chi connectivity index (χ3n) is 0.884. The fourth-order valence-electron chi connectivity index (χ4n) is 0.424. The van der Waals surface area contributed by atoms with Crippen molar-refractivity contribution in [2.75, 3.05) is 13.2 Å². The molecule has 1 aliphatic rings. The summed E-state index contributed by atoms with van der Waals surface area (Å²) in [5.41, 5.74) is 2.57. The first-order valence-electron chi connectivity index (χ1n) is 2.25. The second-order valence-corrected chi connectivity index (χ2v) is 2.04. The Morgan fingerprint density at radius 3 is 2.88 bits per heavy atom. The van der Waals surface area contributed by atoms with E-state index in [4.69, 9.17) is 5.11 Å². The molecule has 4 heteroatoms. The van der Waals surface area contributed by atoms with Crippen molar-refractivity contribution < 1.29 is 9.94 Å². The Hall–Kier alpha value is -0.190.